The van der Waals surface area contributed by atoms with E-state index in [0.29, 0.717) is 17.6 Å². The molecule has 1 rings (SSSR count). The first-order valence-electron chi connectivity index (χ1n) is 4.62. The molecule has 16 heavy (non-hydrogen) atoms. The predicted octanol–water partition coefficient (Wildman–Crippen LogP) is 1.65. The quantitative estimate of drug-likeness (QED) is 0.776. The van der Waals surface area contributed by atoms with Crippen LogP contribution in [0.4, 0.5) is 8.78 Å². The third-order valence-corrected chi connectivity index (χ3v) is 2.57. The third-order valence-electron chi connectivity index (χ3n) is 1.99. The molecule has 1 aromatic heterocycles. The summed E-state index contributed by atoms with van der Waals surface area (Å²) in [6, 6.07) is 0. The highest BCUT2D eigenvalue weighted by Gasteiger charge is 2.24. The van der Waals surface area contributed by atoms with Crippen molar-refractivity contribution in [1.82, 2.24) is 14.7 Å². The molecular formula is C9H12BrF2N3O. The van der Waals surface area contributed by atoms with Gasteiger partial charge in [-0.3, -0.25) is 9.48 Å². The minimum Gasteiger partial charge on any atom is -0.308 e. The van der Waals surface area contributed by atoms with Crippen LogP contribution in [0.1, 0.15) is 10.5 Å². The van der Waals surface area contributed by atoms with Gasteiger partial charge in [0.2, 0.25) is 5.78 Å². The van der Waals surface area contributed by atoms with Gasteiger partial charge in [-0.15, -0.1) is 0 Å². The number of likely N-dealkylation sites (N-methyl/N-ethyl adjacent to an activating group) is 1. The summed E-state index contributed by atoms with van der Waals surface area (Å²) in [5, 5.41) is 3.88. The smallest absolute Gasteiger partial charge is 0.302 e. The van der Waals surface area contributed by atoms with Crippen molar-refractivity contribution < 1.29 is 13.6 Å². The largest absolute Gasteiger partial charge is 0.308 e. The highest BCUT2D eigenvalue weighted by Crippen LogP contribution is 2.19. The molecule has 90 valence electrons. The van der Waals surface area contributed by atoms with E-state index in [1.165, 1.54) is 10.9 Å². The minimum atomic E-state index is -3.01. The minimum absolute atomic E-state index is 0.0724. The van der Waals surface area contributed by atoms with Gasteiger partial charge in [-0.25, -0.2) is 8.78 Å². The number of hydrogen-bond donors (Lipinski definition) is 0. The standard InChI is InChI=1S/C9H12BrF2N3O/c1-14(2)3-4-15-7(6(10)5-13-15)8(16)9(11)12/h5,9H,3-4H2,1-2H3. The summed E-state index contributed by atoms with van der Waals surface area (Å²) in [5.74, 6) is -1.21. The summed E-state index contributed by atoms with van der Waals surface area (Å²) in [6.07, 6.45) is -1.66. The van der Waals surface area contributed by atoms with E-state index in [0.717, 1.165) is 0 Å². The summed E-state index contributed by atoms with van der Waals surface area (Å²) >= 11 is 3.04. The fourth-order valence-electron chi connectivity index (χ4n) is 1.18. The Kier molecular flexibility index (Phi) is 4.55. The maximum atomic E-state index is 12.3. The van der Waals surface area contributed by atoms with Crippen LogP contribution < -0.4 is 0 Å². The van der Waals surface area contributed by atoms with Crippen LogP contribution in [0.15, 0.2) is 10.7 Å². The monoisotopic (exact) mass is 295 g/mol. The van der Waals surface area contributed by atoms with Crippen molar-refractivity contribution in [2.75, 3.05) is 20.6 Å². The molecule has 0 unspecified atom stereocenters. The van der Waals surface area contributed by atoms with Gasteiger partial charge in [0.15, 0.2) is 0 Å². The number of carbonyl (C=O) groups is 1. The van der Waals surface area contributed by atoms with Crippen molar-refractivity contribution in [2.24, 2.45) is 0 Å². The van der Waals surface area contributed by atoms with Crippen LogP contribution in [0.2, 0.25) is 0 Å². The van der Waals surface area contributed by atoms with E-state index in [2.05, 4.69) is 21.0 Å². The fraction of sp³-hybridized carbons (Fsp3) is 0.556. The molecule has 0 bridgehead atoms. The average Bonchev–Trinajstić information content (AvgIpc) is 2.55. The number of halogens is 3. The topological polar surface area (TPSA) is 38.1 Å². The normalized spacial score (nSPS) is 11.4. The Morgan fingerprint density at radius 2 is 2.25 bits per heavy atom. The molecule has 0 radical (unpaired) electrons. The molecule has 1 aromatic rings. The van der Waals surface area contributed by atoms with Crippen LogP contribution >= 0.6 is 15.9 Å². The van der Waals surface area contributed by atoms with E-state index in [1.54, 1.807) is 0 Å². The zero-order chi connectivity index (χ0) is 12.3. The Bertz CT molecular complexity index is 379. The number of rotatable bonds is 5. The first kappa shape index (κ1) is 13.2. The van der Waals surface area contributed by atoms with E-state index in [4.69, 9.17) is 0 Å². The Balaban J connectivity index is 2.90. The number of alkyl halides is 2. The number of nitrogens with zero attached hydrogens (tertiary/aromatic N) is 3. The van der Waals surface area contributed by atoms with Crippen LogP contribution in [-0.2, 0) is 6.54 Å². The summed E-state index contributed by atoms with van der Waals surface area (Å²) in [4.78, 5) is 13.1. The summed E-state index contributed by atoms with van der Waals surface area (Å²) < 4.78 is 26.2. The van der Waals surface area contributed by atoms with Gasteiger partial charge in [-0.05, 0) is 30.0 Å². The van der Waals surface area contributed by atoms with Gasteiger partial charge in [-0.1, -0.05) is 0 Å². The van der Waals surface area contributed by atoms with Crippen molar-refractivity contribution in [2.45, 2.75) is 13.0 Å². The van der Waals surface area contributed by atoms with Crippen molar-refractivity contribution in [1.29, 1.82) is 0 Å². The van der Waals surface area contributed by atoms with Crippen LogP contribution in [0.3, 0.4) is 0 Å². The Labute approximate surface area is 100 Å². The molecule has 0 aliphatic carbocycles. The van der Waals surface area contributed by atoms with E-state index in [1.807, 2.05) is 19.0 Å². The molecule has 0 aliphatic heterocycles. The van der Waals surface area contributed by atoms with Gasteiger partial charge < -0.3 is 4.90 Å². The summed E-state index contributed by atoms with van der Waals surface area (Å²) in [6.45, 7) is 1.02. The summed E-state index contributed by atoms with van der Waals surface area (Å²) in [7, 11) is 3.71. The summed E-state index contributed by atoms with van der Waals surface area (Å²) in [5.41, 5.74) is -0.0724. The highest BCUT2D eigenvalue weighted by molar-refractivity contribution is 9.10. The van der Waals surface area contributed by atoms with Crippen molar-refractivity contribution in [3.05, 3.63) is 16.4 Å². The van der Waals surface area contributed by atoms with Gasteiger partial charge in [-0.2, -0.15) is 5.10 Å². The lowest BCUT2D eigenvalue weighted by Gasteiger charge is -2.11. The molecule has 0 aliphatic rings. The second-order valence-corrected chi connectivity index (χ2v) is 4.39. The second-order valence-electron chi connectivity index (χ2n) is 3.53. The number of carbonyl (C=O) groups excluding carboxylic acids is 1. The molecular weight excluding hydrogens is 284 g/mol. The maximum absolute atomic E-state index is 12.3. The molecule has 0 saturated heterocycles. The van der Waals surface area contributed by atoms with Crippen LogP contribution in [0.5, 0.6) is 0 Å². The molecule has 0 saturated carbocycles. The molecule has 0 aromatic carbocycles. The number of Topliss-reactive ketones (excluding diaryl/α,β-unsaturated/α-hetero) is 1. The number of ketones is 1. The molecule has 0 amide bonds. The molecule has 0 N–H and O–H groups in total. The van der Waals surface area contributed by atoms with Gasteiger partial charge in [0.05, 0.1) is 17.2 Å². The van der Waals surface area contributed by atoms with Crippen LogP contribution in [0, 0.1) is 0 Å². The van der Waals surface area contributed by atoms with Crippen molar-refractivity contribution >= 4 is 21.7 Å². The third kappa shape index (κ3) is 3.08. The van der Waals surface area contributed by atoms with Gasteiger partial charge in [0, 0.05) is 6.54 Å². The predicted molar refractivity (Wildman–Crippen MR) is 58.8 cm³/mol. The Morgan fingerprint density at radius 3 is 2.75 bits per heavy atom. The molecule has 0 atom stereocenters. The van der Waals surface area contributed by atoms with E-state index >= 15 is 0 Å². The number of aromatic nitrogens is 2. The molecule has 0 spiro atoms. The van der Waals surface area contributed by atoms with E-state index in [9.17, 15) is 13.6 Å². The zero-order valence-electron chi connectivity index (χ0n) is 8.95. The first-order valence-corrected chi connectivity index (χ1v) is 5.41. The Morgan fingerprint density at radius 1 is 1.62 bits per heavy atom. The first-order chi connectivity index (χ1) is 7.43. The van der Waals surface area contributed by atoms with Crippen molar-refractivity contribution in [3.8, 4) is 0 Å². The van der Waals surface area contributed by atoms with Crippen LogP contribution in [0.25, 0.3) is 0 Å². The van der Waals surface area contributed by atoms with E-state index in [-0.39, 0.29) is 5.69 Å². The maximum Gasteiger partial charge on any atom is 0.302 e. The lowest BCUT2D eigenvalue weighted by molar-refractivity contribution is 0.0665. The molecule has 0 fully saturated rings. The molecule has 1 heterocycles. The zero-order valence-corrected chi connectivity index (χ0v) is 10.5. The molecule has 7 heteroatoms. The fourth-order valence-corrected chi connectivity index (χ4v) is 1.67. The SMILES string of the molecule is CN(C)CCn1ncc(Br)c1C(=O)C(F)F. The lowest BCUT2D eigenvalue weighted by Crippen LogP contribution is -2.23. The van der Waals surface area contributed by atoms with Crippen LogP contribution in [-0.4, -0.2) is 47.5 Å². The Hall–Kier alpha value is -0.820. The van der Waals surface area contributed by atoms with E-state index < -0.39 is 12.2 Å². The van der Waals surface area contributed by atoms with Gasteiger partial charge >= 0.3 is 6.43 Å². The lowest BCUT2D eigenvalue weighted by atomic mass is 10.3. The van der Waals surface area contributed by atoms with Crippen molar-refractivity contribution in [3.63, 3.8) is 0 Å². The van der Waals surface area contributed by atoms with Gasteiger partial charge in [0.1, 0.15) is 5.69 Å². The second kappa shape index (κ2) is 5.49. The highest BCUT2D eigenvalue weighted by atomic mass is 79.9. The average molecular weight is 296 g/mol. The van der Waals surface area contributed by atoms with Gasteiger partial charge in [0.25, 0.3) is 0 Å². The molecule has 4 nitrogen and oxygen atoms in total. The number of hydrogen-bond acceptors (Lipinski definition) is 3.